The largest absolute Gasteiger partial charge is 0.493 e. The summed E-state index contributed by atoms with van der Waals surface area (Å²) in [5, 5.41) is 2.99. The molecule has 1 amide bonds. The van der Waals surface area contributed by atoms with Crippen molar-refractivity contribution < 1.29 is 17.9 Å². The van der Waals surface area contributed by atoms with Crippen molar-refractivity contribution in [1.82, 2.24) is 10.0 Å². The molecule has 0 saturated carbocycles. The van der Waals surface area contributed by atoms with Gasteiger partial charge >= 0.3 is 0 Å². The number of ether oxygens (including phenoxy) is 1. The topological polar surface area (TPSA) is 84.5 Å². The predicted octanol–water partition coefficient (Wildman–Crippen LogP) is 2.16. The lowest BCUT2D eigenvalue weighted by Crippen LogP contribution is -2.32. The summed E-state index contributed by atoms with van der Waals surface area (Å²) in [7, 11) is -2.26. The maximum atomic E-state index is 12.7. The Hall–Kier alpha value is -2.38. The number of rotatable bonds is 4. The smallest absolute Gasteiger partial charge is 0.252 e. The van der Waals surface area contributed by atoms with E-state index in [1.807, 2.05) is 24.3 Å². The van der Waals surface area contributed by atoms with Crippen molar-refractivity contribution in [3.8, 4) is 5.75 Å². The van der Waals surface area contributed by atoms with Gasteiger partial charge in [0.2, 0.25) is 10.0 Å². The summed E-state index contributed by atoms with van der Waals surface area (Å²) in [6.45, 7) is 2.30. The number of sulfonamides is 1. The van der Waals surface area contributed by atoms with E-state index in [2.05, 4.69) is 10.0 Å². The van der Waals surface area contributed by atoms with Crippen LogP contribution in [0.3, 0.4) is 0 Å². The molecule has 1 aliphatic rings. The summed E-state index contributed by atoms with van der Waals surface area (Å²) in [5.74, 6) is 0.467. The van der Waals surface area contributed by atoms with E-state index in [1.165, 1.54) is 19.2 Å². The molecular weight excluding hydrogens is 340 g/mol. The Morgan fingerprint density at radius 2 is 1.96 bits per heavy atom. The third-order valence-electron chi connectivity index (χ3n) is 4.30. The lowest BCUT2D eigenvalue weighted by molar-refractivity contribution is 0.0924. The Labute approximate surface area is 147 Å². The first kappa shape index (κ1) is 17.4. The molecular formula is C18H20N2O4S. The molecule has 3 rings (SSSR count). The van der Waals surface area contributed by atoms with Gasteiger partial charge in [-0.05, 0) is 37.7 Å². The number of aryl methyl sites for hydroxylation is 1. The maximum absolute atomic E-state index is 12.7. The number of para-hydroxylation sites is 1. The van der Waals surface area contributed by atoms with Crippen LogP contribution in [-0.4, -0.2) is 28.0 Å². The van der Waals surface area contributed by atoms with Gasteiger partial charge in [-0.1, -0.05) is 24.3 Å². The average molecular weight is 360 g/mol. The summed E-state index contributed by atoms with van der Waals surface area (Å²) < 4.78 is 31.8. The van der Waals surface area contributed by atoms with Crippen LogP contribution < -0.4 is 14.8 Å². The molecule has 2 aromatic carbocycles. The Morgan fingerprint density at radius 1 is 1.20 bits per heavy atom. The third-order valence-corrected chi connectivity index (χ3v) is 5.71. The number of nitrogens with one attached hydrogen (secondary N) is 2. The van der Waals surface area contributed by atoms with Crippen LogP contribution in [0.5, 0.6) is 5.75 Å². The second kappa shape index (κ2) is 6.85. The van der Waals surface area contributed by atoms with Crippen molar-refractivity contribution in [3.63, 3.8) is 0 Å². The zero-order valence-electron chi connectivity index (χ0n) is 14.1. The van der Waals surface area contributed by atoms with Gasteiger partial charge in [-0.25, -0.2) is 13.1 Å². The number of amides is 1. The molecule has 6 nitrogen and oxygen atoms in total. The highest BCUT2D eigenvalue weighted by Crippen LogP contribution is 2.31. The molecule has 1 aliphatic heterocycles. The van der Waals surface area contributed by atoms with E-state index >= 15 is 0 Å². The third kappa shape index (κ3) is 3.52. The van der Waals surface area contributed by atoms with Gasteiger partial charge < -0.3 is 10.1 Å². The first-order chi connectivity index (χ1) is 11.9. The van der Waals surface area contributed by atoms with Gasteiger partial charge in [0.1, 0.15) is 5.75 Å². The molecule has 0 spiro atoms. The van der Waals surface area contributed by atoms with Crippen molar-refractivity contribution >= 4 is 15.9 Å². The van der Waals surface area contributed by atoms with Crippen molar-refractivity contribution in [2.75, 3.05) is 13.7 Å². The molecule has 1 atom stereocenters. The zero-order chi connectivity index (χ0) is 18.0. The first-order valence-corrected chi connectivity index (χ1v) is 9.47. The van der Waals surface area contributed by atoms with Gasteiger partial charge in [0.15, 0.2) is 0 Å². The highest BCUT2D eigenvalue weighted by atomic mass is 32.2. The van der Waals surface area contributed by atoms with Crippen LogP contribution in [0, 0.1) is 6.92 Å². The van der Waals surface area contributed by atoms with Crippen LogP contribution >= 0.6 is 0 Å². The van der Waals surface area contributed by atoms with E-state index in [-0.39, 0.29) is 16.8 Å². The minimum atomic E-state index is -3.60. The van der Waals surface area contributed by atoms with Crippen LogP contribution in [-0.2, 0) is 10.0 Å². The minimum Gasteiger partial charge on any atom is -0.493 e. The second-order valence-electron chi connectivity index (χ2n) is 5.89. The number of carbonyl (C=O) groups excluding carboxylic acids is 1. The Kier molecular flexibility index (Phi) is 4.78. The molecule has 0 fully saturated rings. The van der Waals surface area contributed by atoms with Gasteiger partial charge in [0.05, 0.1) is 17.5 Å². The van der Waals surface area contributed by atoms with Crippen molar-refractivity contribution in [2.45, 2.75) is 24.3 Å². The Bertz CT molecular complexity index is 909. The van der Waals surface area contributed by atoms with Crippen LogP contribution in [0.4, 0.5) is 0 Å². The van der Waals surface area contributed by atoms with E-state index in [9.17, 15) is 13.2 Å². The van der Waals surface area contributed by atoms with Crippen molar-refractivity contribution in [2.24, 2.45) is 0 Å². The van der Waals surface area contributed by atoms with E-state index in [0.29, 0.717) is 24.2 Å². The monoisotopic (exact) mass is 360 g/mol. The van der Waals surface area contributed by atoms with E-state index in [4.69, 9.17) is 4.74 Å². The zero-order valence-corrected chi connectivity index (χ0v) is 14.9. The molecule has 0 saturated heterocycles. The molecule has 0 radical (unpaired) electrons. The highest BCUT2D eigenvalue weighted by molar-refractivity contribution is 7.89. The molecule has 2 N–H and O–H groups in total. The predicted molar refractivity (Wildman–Crippen MR) is 94.2 cm³/mol. The molecule has 132 valence electrons. The summed E-state index contributed by atoms with van der Waals surface area (Å²) >= 11 is 0. The van der Waals surface area contributed by atoms with Crippen LogP contribution in [0.2, 0.25) is 0 Å². The quantitative estimate of drug-likeness (QED) is 0.875. The Morgan fingerprint density at radius 3 is 2.72 bits per heavy atom. The summed E-state index contributed by atoms with van der Waals surface area (Å²) in [6, 6.07) is 12.0. The van der Waals surface area contributed by atoms with E-state index in [0.717, 1.165) is 11.3 Å². The lowest BCUT2D eigenvalue weighted by atomic mass is 9.99. The number of benzene rings is 2. The normalized spacial score (nSPS) is 16.6. The van der Waals surface area contributed by atoms with Gasteiger partial charge in [0.25, 0.3) is 5.91 Å². The minimum absolute atomic E-state index is 0.0677. The van der Waals surface area contributed by atoms with Crippen LogP contribution in [0.1, 0.15) is 33.9 Å². The fraction of sp³-hybridized carbons (Fsp3) is 0.278. The summed E-state index contributed by atoms with van der Waals surface area (Å²) in [4.78, 5) is 12.8. The SMILES string of the molecule is CNS(=O)(=O)c1ccc(C)c(C(=O)NC2CCOc3ccccc32)c1. The summed E-state index contributed by atoms with van der Waals surface area (Å²) in [6.07, 6.45) is 0.663. The maximum Gasteiger partial charge on any atom is 0.252 e. The average Bonchev–Trinajstić information content (AvgIpc) is 2.62. The highest BCUT2D eigenvalue weighted by Gasteiger charge is 2.24. The molecule has 1 heterocycles. The molecule has 0 bridgehead atoms. The van der Waals surface area contributed by atoms with Gasteiger partial charge in [0, 0.05) is 17.5 Å². The van der Waals surface area contributed by atoms with Crippen molar-refractivity contribution in [3.05, 3.63) is 59.2 Å². The van der Waals surface area contributed by atoms with E-state index < -0.39 is 10.0 Å². The van der Waals surface area contributed by atoms with Gasteiger partial charge in [-0.15, -0.1) is 0 Å². The molecule has 7 heteroatoms. The fourth-order valence-corrected chi connectivity index (χ4v) is 3.61. The van der Waals surface area contributed by atoms with E-state index in [1.54, 1.807) is 13.0 Å². The number of fused-ring (bicyclic) bond motifs is 1. The van der Waals surface area contributed by atoms with Crippen molar-refractivity contribution in [1.29, 1.82) is 0 Å². The number of carbonyl (C=O) groups is 1. The number of hydrogen-bond donors (Lipinski definition) is 2. The standard InChI is InChI=1S/C18H20N2O4S/c1-12-7-8-13(25(22,23)19-2)11-15(12)18(21)20-16-9-10-24-17-6-4-3-5-14(16)17/h3-8,11,16,19H,9-10H2,1-2H3,(H,20,21). The molecule has 25 heavy (non-hydrogen) atoms. The van der Waals surface area contributed by atoms with Crippen LogP contribution in [0.15, 0.2) is 47.4 Å². The number of hydrogen-bond acceptors (Lipinski definition) is 4. The lowest BCUT2D eigenvalue weighted by Gasteiger charge is -2.27. The molecule has 0 aliphatic carbocycles. The molecule has 2 aromatic rings. The van der Waals surface area contributed by atoms with Gasteiger partial charge in [-0.3, -0.25) is 4.79 Å². The van der Waals surface area contributed by atoms with Gasteiger partial charge in [-0.2, -0.15) is 0 Å². The van der Waals surface area contributed by atoms with Crippen LogP contribution in [0.25, 0.3) is 0 Å². The second-order valence-corrected chi connectivity index (χ2v) is 7.77. The molecule has 0 aromatic heterocycles. The Balaban J connectivity index is 1.89. The fourth-order valence-electron chi connectivity index (χ4n) is 2.86. The first-order valence-electron chi connectivity index (χ1n) is 7.99. The summed E-state index contributed by atoms with van der Waals surface area (Å²) in [5.41, 5.74) is 1.99. The molecule has 1 unspecified atom stereocenters.